The van der Waals surface area contributed by atoms with Crippen LogP contribution in [0.5, 0.6) is 0 Å². The van der Waals surface area contributed by atoms with Crippen LogP contribution in [-0.2, 0) is 14.3 Å². The van der Waals surface area contributed by atoms with Gasteiger partial charge >= 0.3 is 11.9 Å². The molecule has 2 aliphatic rings. The molecule has 0 spiro atoms. The van der Waals surface area contributed by atoms with Crippen molar-refractivity contribution in [1.29, 1.82) is 0 Å². The normalized spacial score (nSPS) is 23.6. The van der Waals surface area contributed by atoms with Crippen molar-refractivity contribution in [2.24, 2.45) is 5.92 Å². The predicted molar refractivity (Wildman–Crippen MR) is 70.6 cm³/mol. The predicted octanol–water partition coefficient (Wildman–Crippen LogP) is 3.06. The van der Waals surface area contributed by atoms with Gasteiger partial charge in [-0.05, 0) is 44.4 Å². The SMILES string of the molecule is O=C(O)/C=C/C(=O)OC1(C2CCCC2)CCCCC1. The highest BCUT2D eigenvalue weighted by atomic mass is 16.6. The molecule has 2 saturated carbocycles. The summed E-state index contributed by atoms with van der Waals surface area (Å²) in [6, 6.07) is 0. The molecule has 0 aromatic rings. The molecular formula is C15H22O4. The molecule has 0 unspecified atom stereocenters. The fraction of sp³-hybridized carbons (Fsp3) is 0.733. The molecule has 4 nitrogen and oxygen atoms in total. The van der Waals surface area contributed by atoms with Gasteiger partial charge in [0.2, 0.25) is 0 Å². The summed E-state index contributed by atoms with van der Waals surface area (Å²) in [5.74, 6) is -1.15. The Morgan fingerprint density at radius 2 is 1.63 bits per heavy atom. The number of hydrogen-bond donors (Lipinski definition) is 1. The molecule has 0 bridgehead atoms. The van der Waals surface area contributed by atoms with E-state index in [1.165, 1.54) is 19.3 Å². The lowest BCUT2D eigenvalue weighted by Gasteiger charge is -2.41. The van der Waals surface area contributed by atoms with Crippen LogP contribution in [0.3, 0.4) is 0 Å². The molecule has 0 amide bonds. The van der Waals surface area contributed by atoms with E-state index in [1.54, 1.807) is 0 Å². The Morgan fingerprint density at radius 3 is 2.21 bits per heavy atom. The van der Waals surface area contributed by atoms with E-state index < -0.39 is 11.9 Å². The van der Waals surface area contributed by atoms with Gasteiger partial charge in [0, 0.05) is 12.2 Å². The van der Waals surface area contributed by atoms with Gasteiger partial charge in [-0.25, -0.2) is 9.59 Å². The molecule has 0 aromatic carbocycles. The van der Waals surface area contributed by atoms with Gasteiger partial charge in [-0.1, -0.05) is 19.3 Å². The van der Waals surface area contributed by atoms with Crippen molar-refractivity contribution < 1.29 is 19.4 Å². The third-order valence-electron chi connectivity index (χ3n) is 4.46. The lowest BCUT2D eigenvalue weighted by atomic mass is 9.74. The summed E-state index contributed by atoms with van der Waals surface area (Å²) in [7, 11) is 0. The Morgan fingerprint density at radius 1 is 1.00 bits per heavy atom. The summed E-state index contributed by atoms with van der Waals surface area (Å²) in [4.78, 5) is 22.2. The molecule has 0 aromatic heterocycles. The fourth-order valence-electron chi connectivity index (χ4n) is 3.57. The first-order valence-corrected chi connectivity index (χ1v) is 7.26. The quantitative estimate of drug-likeness (QED) is 0.627. The molecule has 2 aliphatic carbocycles. The number of hydrogen-bond acceptors (Lipinski definition) is 3. The molecule has 4 heteroatoms. The molecule has 19 heavy (non-hydrogen) atoms. The first-order chi connectivity index (χ1) is 9.12. The smallest absolute Gasteiger partial charge is 0.331 e. The Bertz CT molecular complexity index is 360. The van der Waals surface area contributed by atoms with Crippen LogP contribution < -0.4 is 0 Å². The summed E-state index contributed by atoms with van der Waals surface area (Å²) in [6.07, 6.45) is 11.9. The number of rotatable bonds is 4. The van der Waals surface area contributed by atoms with E-state index in [1.807, 2.05) is 0 Å². The topological polar surface area (TPSA) is 63.6 Å². The monoisotopic (exact) mass is 266 g/mol. The van der Waals surface area contributed by atoms with Crippen molar-refractivity contribution in [2.75, 3.05) is 0 Å². The number of carbonyl (C=O) groups excluding carboxylic acids is 1. The third kappa shape index (κ3) is 3.58. The molecule has 0 aliphatic heterocycles. The maximum Gasteiger partial charge on any atom is 0.331 e. The van der Waals surface area contributed by atoms with Gasteiger partial charge in [0.25, 0.3) is 0 Å². The van der Waals surface area contributed by atoms with Crippen molar-refractivity contribution in [3.05, 3.63) is 12.2 Å². The lowest BCUT2D eigenvalue weighted by Crippen LogP contribution is -2.43. The van der Waals surface area contributed by atoms with E-state index in [2.05, 4.69) is 0 Å². The summed E-state index contributed by atoms with van der Waals surface area (Å²) < 4.78 is 5.72. The van der Waals surface area contributed by atoms with E-state index in [-0.39, 0.29) is 5.60 Å². The van der Waals surface area contributed by atoms with Crippen molar-refractivity contribution >= 4 is 11.9 Å². The number of esters is 1. The molecule has 0 radical (unpaired) electrons. The van der Waals surface area contributed by atoms with Crippen molar-refractivity contribution in [1.82, 2.24) is 0 Å². The van der Waals surface area contributed by atoms with Gasteiger partial charge in [-0.2, -0.15) is 0 Å². The minimum atomic E-state index is -1.12. The summed E-state index contributed by atoms with van der Waals surface area (Å²) in [5, 5.41) is 8.55. The first kappa shape index (κ1) is 14.1. The number of ether oxygens (including phenoxy) is 1. The number of carbonyl (C=O) groups is 2. The van der Waals surface area contributed by atoms with Gasteiger partial charge < -0.3 is 9.84 Å². The second-order valence-corrected chi connectivity index (χ2v) is 5.70. The van der Waals surface area contributed by atoms with E-state index in [0.29, 0.717) is 5.92 Å². The van der Waals surface area contributed by atoms with Crippen LogP contribution in [0.2, 0.25) is 0 Å². The van der Waals surface area contributed by atoms with E-state index >= 15 is 0 Å². The van der Waals surface area contributed by atoms with Gasteiger partial charge in [0.1, 0.15) is 5.60 Å². The second-order valence-electron chi connectivity index (χ2n) is 5.70. The average Bonchev–Trinajstić information content (AvgIpc) is 2.92. The molecule has 2 rings (SSSR count). The van der Waals surface area contributed by atoms with Crippen LogP contribution in [0.1, 0.15) is 57.8 Å². The Kier molecular flexibility index (Phi) is 4.61. The minimum Gasteiger partial charge on any atom is -0.478 e. The highest BCUT2D eigenvalue weighted by Crippen LogP contribution is 2.45. The molecule has 2 fully saturated rings. The van der Waals surface area contributed by atoms with Crippen LogP contribution in [0.25, 0.3) is 0 Å². The average molecular weight is 266 g/mol. The Hall–Kier alpha value is -1.32. The highest BCUT2D eigenvalue weighted by molar-refractivity contribution is 5.90. The molecule has 0 heterocycles. The van der Waals surface area contributed by atoms with E-state index in [4.69, 9.17) is 9.84 Å². The van der Waals surface area contributed by atoms with Crippen LogP contribution in [0.4, 0.5) is 0 Å². The molecule has 0 atom stereocenters. The number of carboxylic acids is 1. The van der Waals surface area contributed by atoms with Crippen molar-refractivity contribution in [3.63, 3.8) is 0 Å². The molecule has 106 valence electrons. The number of carboxylic acid groups (broad SMARTS) is 1. The number of aliphatic carboxylic acids is 1. The van der Waals surface area contributed by atoms with Crippen LogP contribution >= 0.6 is 0 Å². The lowest BCUT2D eigenvalue weighted by molar-refractivity contribution is -0.165. The molecule has 1 N–H and O–H groups in total. The van der Waals surface area contributed by atoms with Gasteiger partial charge in [0.05, 0.1) is 0 Å². The Balaban J connectivity index is 2.05. The maximum absolute atomic E-state index is 11.8. The summed E-state index contributed by atoms with van der Waals surface area (Å²) >= 11 is 0. The second kappa shape index (κ2) is 6.22. The summed E-state index contributed by atoms with van der Waals surface area (Å²) in [5.41, 5.74) is -0.325. The van der Waals surface area contributed by atoms with Gasteiger partial charge in [-0.3, -0.25) is 0 Å². The van der Waals surface area contributed by atoms with Crippen molar-refractivity contribution in [3.8, 4) is 0 Å². The maximum atomic E-state index is 11.8. The minimum absolute atomic E-state index is 0.325. The van der Waals surface area contributed by atoms with Crippen LogP contribution in [-0.4, -0.2) is 22.6 Å². The largest absolute Gasteiger partial charge is 0.478 e. The Labute approximate surface area is 113 Å². The van der Waals surface area contributed by atoms with Crippen LogP contribution in [0.15, 0.2) is 12.2 Å². The van der Waals surface area contributed by atoms with Gasteiger partial charge in [-0.15, -0.1) is 0 Å². The first-order valence-electron chi connectivity index (χ1n) is 7.26. The van der Waals surface area contributed by atoms with Gasteiger partial charge in [0.15, 0.2) is 0 Å². The zero-order valence-corrected chi connectivity index (χ0v) is 11.3. The molecule has 0 saturated heterocycles. The van der Waals surface area contributed by atoms with E-state index in [0.717, 1.165) is 50.7 Å². The fourth-order valence-corrected chi connectivity index (χ4v) is 3.57. The molecular weight excluding hydrogens is 244 g/mol. The van der Waals surface area contributed by atoms with Crippen LogP contribution in [0, 0.1) is 5.92 Å². The zero-order chi connectivity index (χ0) is 13.7. The summed E-state index contributed by atoms with van der Waals surface area (Å²) in [6.45, 7) is 0. The standard InChI is InChI=1S/C15H22O4/c16-13(17)8-9-14(18)19-15(10-4-1-5-11-15)12-6-2-3-7-12/h8-9,12H,1-7,10-11H2,(H,16,17)/b9-8+. The third-order valence-corrected chi connectivity index (χ3v) is 4.46. The zero-order valence-electron chi connectivity index (χ0n) is 11.3. The van der Waals surface area contributed by atoms with Crippen molar-refractivity contribution in [2.45, 2.75) is 63.4 Å². The van der Waals surface area contributed by atoms with E-state index in [9.17, 15) is 9.59 Å². The highest BCUT2D eigenvalue weighted by Gasteiger charge is 2.43.